The molecule has 1 rings (SSSR count). The van der Waals surface area contributed by atoms with Crippen LogP contribution in [-0.2, 0) is 19.1 Å². The highest BCUT2D eigenvalue weighted by Gasteiger charge is 2.30. The molecule has 0 saturated carbocycles. The maximum Gasteiger partial charge on any atom is 0.468 e. The summed E-state index contributed by atoms with van der Waals surface area (Å²) in [6.07, 6.45) is 0. The molecular formula is C12H19N4O4+. The van der Waals surface area contributed by atoms with Crippen LogP contribution in [0.25, 0.3) is 0 Å². The van der Waals surface area contributed by atoms with E-state index in [0.717, 1.165) is 0 Å². The van der Waals surface area contributed by atoms with Gasteiger partial charge in [0.15, 0.2) is 0 Å². The minimum absolute atomic E-state index is 0.0124. The van der Waals surface area contributed by atoms with Gasteiger partial charge in [0.2, 0.25) is 0 Å². The molecule has 1 fully saturated rings. The Morgan fingerprint density at radius 2 is 2.30 bits per heavy atom. The summed E-state index contributed by atoms with van der Waals surface area (Å²) < 4.78 is 11.9. The van der Waals surface area contributed by atoms with Gasteiger partial charge in [0.05, 0.1) is 13.2 Å². The number of hydrogen-bond acceptors (Lipinski definition) is 6. The summed E-state index contributed by atoms with van der Waals surface area (Å²) in [5.74, 6) is -0.842. The summed E-state index contributed by atoms with van der Waals surface area (Å²) in [6, 6.07) is 1.61. The highest BCUT2D eigenvalue weighted by molar-refractivity contribution is 6.42. The van der Waals surface area contributed by atoms with Gasteiger partial charge < -0.3 is 9.47 Å². The van der Waals surface area contributed by atoms with Gasteiger partial charge in [0.1, 0.15) is 24.8 Å². The normalized spacial score (nSPS) is 20.8. The molecule has 0 aromatic heterocycles. The van der Waals surface area contributed by atoms with Gasteiger partial charge in [-0.3, -0.25) is 10.6 Å². The maximum absolute atomic E-state index is 11.3. The number of ether oxygens (including phenoxy) is 2. The summed E-state index contributed by atoms with van der Waals surface area (Å²) in [7, 11) is 0. The van der Waals surface area contributed by atoms with Crippen molar-refractivity contribution < 1.29 is 23.7 Å². The van der Waals surface area contributed by atoms with E-state index >= 15 is 0 Å². The lowest BCUT2D eigenvalue weighted by atomic mass is 10.1. The number of esters is 1. The van der Waals surface area contributed by atoms with Gasteiger partial charge in [-0.25, -0.2) is 9.37 Å². The highest BCUT2D eigenvalue weighted by atomic mass is 16.6. The minimum atomic E-state index is -0.842. The predicted molar refractivity (Wildman–Crippen MR) is 70.0 cm³/mol. The minimum Gasteiger partial charge on any atom is -0.461 e. The van der Waals surface area contributed by atoms with Crippen molar-refractivity contribution in [3.8, 4) is 6.07 Å². The fourth-order valence-electron chi connectivity index (χ4n) is 1.66. The predicted octanol–water partition coefficient (Wildman–Crippen LogP) is -0.418. The van der Waals surface area contributed by atoms with E-state index in [9.17, 15) is 4.79 Å². The van der Waals surface area contributed by atoms with E-state index in [1.54, 1.807) is 17.6 Å². The van der Waals surface area contributed by atoms with Gasteiger partial charge >= 0.3 is 12.0 Å². The fourth-order valence-corrected chi connectivity index (χ4v) is 1.66. The number of hydrogen-bond donors (Lipinski definition) is 1. The van der Waals surface area contributed by atoms with E-state index in [2.05, 4.69) is 9.89 Å². The Hall–Kier alpha value is -2.14. The zero-order valence-electron chi connectivity index (χ0n) is 11.9. The molecule has 0 unspecified atom stereocenters. The Morgan fingerprint density at radius 1 is 1.60 bits per heavy atom. The summed E-state index contributed by atoms with van der Waals surface area (Å²) in [5, 5.41) is 12.2. The summed E-state index contributed by atoms with van der Waals surface area (Å²) in [4.78, 5) is 16.3. The largest absolute Gasteiger partial charge is 0.468 e. The standard InChI is InChI=1S/C12H18N4O4/c1-4-18-10(17)9(7-13)15-20-11(14)16-5-6-19-12(2,3)8-16/h14H,4-6,8H2,1-3H3/p+1. The molecule has 8 heteroatoms. The van der Waals surface area contributed by atoms with Crippen LogP contribution in [0.1, 0.15) is 20.8 Å². The Kier molecular flexibility index (Phi) is 5.46. The lowest BCUT2D eigenvalue weighted by Crippen LogP contribution is -2.47. The van der Waals surface area contributed by atoms with Crippen LogP contribution in [0.15, 0.2) is 5.16 Å². The van der Waals surface area contributed by atoms with Crippen LogP contribution in [0, 0.1) is 11.3 Å². The van der Waals surface area contributed by atoms with Crippen LogP contribution in [0.5, 0.6) is 0 Å². The zero-order chi connectivity index (χ0) is 15.2. The smallest absolute Gasteiger partial charge is 0.461 e. The Labute approximate surface area is 117 Å². The van der Waals surface area contributed by atoms with Crippen LogP contribution in [0.4, 0.5) is 0 Å². The van der Waals surface area contributed by atoms with Crippen LogP contribution in [-0.4, -0.2) is 54.2 Å². The number of rotatable bonds is 3. The van der Waals surface area contributed by atoms with Crippen molar-refractivity contribution in [2.24, 2.45) is 10.9 Å². The van der Waals surface area contributed by atoms with E-state index in [4.69, 9.17) is 20.6 Å². The first-order valence-electron chi connectivity index (χ1n) is 6.23. The summed E-state index contributed by atoms with van der Waals surface area (Å²) >= 11 is 0. The molecule has 0 aromatic rings. The topological polar surface area (TPSA) is 110 Å². The molecule has 8 nitrogen and oxygen atoms in total. The van der Waals surface area contributed by atoms with Crippen molar-refractivity contribution in [3.63, 3.8) is 0 Å². The van der Waals surface area contributed by atoms with E-state index in [1.165, 1.54) is 0 Å². The van der Waals surface area contributed by atoms with E-state index in [0.29, 0.717) is 19.7 Å². The quantitative estimate of drug-likeness (QED) is 0.248. The third kappa shape index (κ3) is 4.51. The summed E-state index contributed by atoms with van der Waals surface area (Å²) in [5.41, 5.74) is 4.91. The number of amidine groups is 1. The molecule has 20 heavy (non-hydrogen) atoms. The van der Waals surface area contributed by atoms with Crippen LogP contribution >= 0.6 is 0 Å². The van der Waals surface area contributed by atoms with Crippen LogP contribution in [0.3, 0.4) is 0 Å². The fraction of sp³-hybridized carbons (Fsp3) is 0.667. The summed E-state index contributed by atoms with van der Waals surface area (Å²) in [6.45, 7) is 7.20. The number of nitriles is 1. The third-order valence-corrected chi connectivity index (χ3v) is 2.54. The monoisotopic (exact) mass is 283 g/mol. The molecule has 1 saturated heterocycles. The average molecular weight is 283 g/mol. The first-order chi connectivity index (χ1) is 9.39. The first-order valence-corrected chi connectivity index (χ1v) is 6.23. The third-order valence-electron chi connectivity index (χ3n) is 2.54. The number of carbonyl (C=O) groups excluding carboxylic acids is 1. The van der Waals surface area contributed by atoms with Crippen LogP contribution in [0.2, 0.25) is 0 Å². The Morgan fingerprint density at radius 3 is 2.85 bits per heavy atom. The zero-order valence-corrected chi connectivity index (χ0v) is 11.9. The van der Waals surface area contributed by atoms with Crippen LogP contribution < -0.4 is 5.73 Å². The van der Waals surface area contributed by atoms with Crippen molar-refractivity contribution in [3.05, 3.63) is 0 Å². The number of morpholine rings is 1. The Balaban J connectivity index is 2.76. The molecule has 0 atom stereocenters. The second kappa shape index (κ2) is 6.86. The van der Waals surface area contributed by atoms with Crippen molar-refractivity contribution in [1.29, 1.82) is 5.26 Å². The van der Waals surface area contributed by atoms with Gasteiger partial charge in [-0.15, -0.1) is 0 Å². The number of carbonyl (C=O) groups is 1. The maximum atomic E-state index is 11.3. The molecule has 0 bridgehead atoms. The molecule has 0 radical (unpaired) electrons. The SMILES string of the molecule is CCOC(=O)C(C#N)=NOC(N)=[N+]1CCOC(C)(C)C1. The molecule has 1 aliphatic rings. The number of oxime groups is 1. The van der Waals surface area contributed by atoms with Gasteiger partial charge in [-0.1, -0.05) is 5.16 Å². The van der Waals surface area contributed by atoms with Gasteiger partial charge in [0, 0.05) is 0 Å². The van der Waals surface area contributed by atoms with E-state index < -0.39 is 11.7 Å². The van der Waals surface area contributed by atoms with Crippen molar-refractivity contribution in [2.75, 3.05) is 26.3 Å². The van der Waals surface area contributed by atoms with Crippen molar-refractivity contribution in [1.82, 2.24) is 0 Å². The lowest BCUT2D eigenvalue weighted by molar-refractivity contribution is -0.576. The second-order valence-corrected chi connectivity index (χ2v) is 4.73. The van der Waals surface area contributed by atoms with Crippen molar-refractivity contribution >= 4 is 17.7 Å². The highest BCUT2D eigenvalue weighted by Crippen LogP contribution is 2.13. The Bertz CT molecular complexity index is 476. The molecular weight excluding hydrogens is 264 g/mol. The van der Waals surface area contributed by atoms with Gasteiger partial charge in [-0.05, 0) is 20.8 Å². The van der Waals surface area contributed by atoms with Gasteiger partial charge in [0.25, 0.3) is 5.71 Å². The van der Waals surface area contributed by atoms with E-state index in [1.807, 2.05) is 13.8 Å². The average Bonchev–Trinajstić information content (AvgIpc) is 2.38. The molecule has 1 heterocycles. The second-order valence-electron chi connectivity index (χ2n) is 4.73. The lowest BCUT2D eigenvalue weighted by Gasteiger charge is -2.29. The molecule has 0 aliphatic carbocycles. The molecule has 110 valence electrons. The molecule has 0 amide bonds. The van der Waals surface area contributed by atoms with Gasteiger partial charge in [-0.2, -0.15) is 5.26 Å². The van der Waals surface area contributed by atoms with Crippen molar-refractivity contribution in [2.45, 2.75) is 26.4 Å². The molecule has 2 N–H and O–H groups in total. The number of nitrogens with two attached hydrogens (primary N) is 1. The first kappa shape index (κ1) is 15.9. The molecule has 0 spiro atoms. The molecule has 0 aromatic carbocycles. The number of nitrogens with zero attached hydrogens (tertiary/aromatic N) is 3. The molecule has 1 aliphatic heterocycles. The van der Waals surface area contributed by atoms with E-state index in [-0.39, 0.29) is 18.2 Å².